The Morgan fingerprint density at radius 1 is 0.411 bits per heavy atom. The van der Waals surface area contributed by atoms with Crippen molar-refractivity contribution in [1.29, 1.82) is 0 Å². The van der Waals surface area contributed by atoms with Crippen molar-refractivity contribution in [1.82, 2.24) is 19.9 Å². The summed E-state index contributed by atoms with van der Waals surface area (Å²) in [4.78, 5) is 23.7. The standard InChI is InChI=1S/C67H87N5S/c1-6-10-14-18-20-22-24-26-30-56-60-42-46-64(68-60)58(40-35-53-33-36-54(37-34-53)72(50-28-16-12-8-3)51-29-17-13-9-4)65-47-43-61(69-65)57(31-27-25-23-21-19-15-11-7-2)63-45-49-67(71-63)59(66-48-44-62(56)70-66)41-39-55-38-32-52(5)73-55/h32-34,36-38,42-49,68-69H,6-31,50-51H2,1-5H3. The van der Waals surface area contributed by atoms with E-state index in [0.29, 0.717) is 0 Å². The molecule has 73 heavy (non-hydrogen) atoms. The topological polar surface area (TPSA) is 60.6 Å². The minimum absolute atomic E-state index is 0.874. The molecule has 1 aromatic carbocycles. The largest absolute Gasteiger partial charge is 0.372 e. The lowest BCUT2D eigenvalue weighted by atomic mass is 10.0. The lowest BCUT2D eigenvalue weighted by molar-refractivity contribution is 0.575. The summed E-state index contributed by atoms with van der Waals surface area (Å²) in [6.07, 6.45) is 41.2. The molecule has 6 heteroatoms. The van der Waals surface area contributed by atoms with Crippen molar-refractivity contribution in [3.05, 3.63) is 121 Å². The molecule has 0 radical (unpaired) electrons. The molecule has 6 heterocycles. The fraction of sp³-hybridized carbons (Fsp3) is 0.493. The van der Waals surface area contributed by atoms with Crippen LogP contribution in [0.25, 0.3) is 46.4 Å². The van der Waals surface area contributed by atoms with Gasteiger partial charge in [-0.3, -0.25) is 0 Å². The van der Waals surface area contributed by atoms with Gasteiger partial charge in [-0.25, -0.2) is 9.97 Å². The molecule has 2 N–H and O–H groups in total. The van der Waals surface area contributed by atoms with E-state index in [1.807, 2.05) is 0 Å². The lowest BCUT2D eigenvalue weighted by Gasteiger charge is -2.25. The molecule has 0 fully saturated rings. The first-order chi connectivity index (χ1) is 36.0. The van der Waals surface area contributed by atoms with E-state index in [0.717, 1.165) is 105 Å². The number of anilines is 1. The van der Waals surface area contributed by atoms with Gasteiger partial charge in [0.05, 0.1) is 49.8 Å². The van der Waals surface area contributed by atoms with E-state index in [-0.39, 0.29) is 0 Å². The van der Waals surface area contributed by atoms with E-state index < -0.39 is 0 Å². The molecule has 0 amide bonds. The Hall–Kier alpha value is -5.56. The van der Waals surface area contributed by atoms with Crippen molar-refractivity contribution < 1.29 is 0 Å². The molecule has 0 spiro atoms. The van der Waals surface area contributed by atoms with Crippen LogP contribution < -0.4 is 4.90 Å². The Labute approximate surface area is 445 Å². The quantitative estimate of drug-likeness (QED) is 0.0363. The molecule has 5 aromatic rings. The normalized spacial score (nSPS) is 11.7. The summed E-state index contributed by atoms with van der Waals surface area (Å²) in [6, 6.07) is 22.3. The highest BCUT2D eigenvalue weighted by Gasteiger charge is 2.17. The summed E-state index contributed by atoms with van der Waals surface area (Å²) in [5.41, 5.74) is 14.6. The SMILES string of the molecule is CCCCCCCCCCc1c2nc(c(C#Cc3ccc(C)s3)c3nc(c(CCCCCCCCCC)c4ccc([nH]4)c(C#Cc4ccc(N(CCCCCC)CCCCCC)cc4)c4ccc1[nH]4)C=C3)C=C2. The Balaban J connectivity index is 1.33. The van der Waals surface area contributed by atoms with E-state index >= 15 is 0 Å². The average molecular weight is 995 g/mol. The number of unbranched alkanes of at least 4 members (excludes halogenated alkanes) is 20. The van der Waals surface area contributed by atoms with Crippen LogP contribution in [-0.2, 0) is 12.8 Å². The number of benzene rings is 1. The van der Waals surface area contributed by atoms with Crippen molar-refractivity contribution in [3.63, 3.8) is 0 Å². The summed E-state index contributed by atoms with van der Waals surface area (Å²) < 4.78 is 0. The zero-order valence-corrected chi connectivity index (χ0v) is 46.4. The molecule has 2 aliphatic heterocycles. The maximum absolute atomic E-state index is 5.44. The van der Waals surface area contributed by atoms with Crippen LogP contribution in [0.1, 0.15) is 242 Å². The number of thiophene rings is 1. The Morgan fingerprint density at radius 3 is 1.30 bits per heavy atom. The zero-order valence-electron chi connectivity index (χ0n) is 45.6. The molecule has 0 atom stereocenters. The fourth-order valence-electron chi connectivity index (χ4n) is 10.3. The minimum Gasteiger partial charge on any atom is -0.372 e. The second kappa shape index (κ2) is 30.6. The third kappa shape index (κ3) is 17.0. The van der Waals surface area contributed by atoms with E-state index in [4.69, 9.17) is 9.97 Å². The number of fused-ring (bicyclic) bond motifs is 8. The number of hydrogen-bond donors (Lipinski definition) is 2. The fourth-order valence-corrected chi connectivity index (χ4v) is 11.1. The van der Waals surface area contributed by atoms with Gasteiger partial charge in [-0.15, -0.1) is 11.3 Å². The molecule has 0 saturated carbocycles. The number of aryl methyl sites for hydroxylation is 3. The molecule has 0 unspecified atom stereocenters. The van der Waals surface area contributed by atoms with Gasteiger partial charge in [0, 0.05) is 51.4 Å². The van der Waals surface area contributed by atoms with Gasteiger partial charge in [0.25, 0.3) is 0 Å². The number of H-pyrrole nitrogens is 2. The van der Waals surface area contributed by atoms with Crippen LogP contribution in [0.4, 0.5) is 5.69 Å². The van der Waals surface area contributed by atoms with Gasteiger partial charge >= 0.3 is 0 Å². The molecule has 7 rings (SSSR count). The van der Waals surface area contributed by atoms with Crippen LogP contribution in [0.5, 0.6) is 0 Å². The van der Waals surface area contributed by atoms with Crippen molar-refractivity contribution in [2.24, 2.45) is 0 Å². The summed E-state index contributed by atoms with van der Waals surface area (Å²) >= 11 is 1.73. The van der Waals surface area contributed by atoms with Crippen LogP contribution in [0.3, 0.4) is 0 Å². The molecule has 0 saturated heterocycles. The van der Waals surface area contributed by atoms with E-state index in [2.05, 4.69) is 158 Å². The third-order valence-corrected chi connectivity index (χ3v) is 15.6. The second-order valence-electron chi connectivity index (χ2n) is 20.7. The van der Waals surface area contributed by atoms with Crippen LogP contribution in [0, 0.1) is 30.6 Å². The van der Waals surface area contributed by atoms with Crippen molar-refractivity contribution in [2.75, 3.05) is 18.0 Å². The smallest absolute Gasteiger partial charge is 0.0816 e. The lowest BCUT2D eigenvalue weighted by Crippen LogP contribution is -2.25. The van der Waals surface area contributed by atoms with Gasteiger partial charge < -0.3 is 14.9 Å². The maximum atomic E-state index is 5.44. The molecule has 8 bridgehead atoms. The van der Waals surface area contributed by atoms with Crippen molar-refractivity contribution >= 4 is 63.4 Å². The number of nitrogens with one attached hydrogen (secondary N) is 2. The number of rotatable bonds is 29. The van der Waals surface area contributed by atoms with Gasteiger partial charge in [0.15, 0.2) is 0 Å². The highest BCUT2D eigenvalue weighted by atomic mass is 32.1. The first-order valence-corrected chi connectivity index (χ1v) is 29.9. The van der Waals surface area contributed by atoms with Crippen LogP contribution >= 0.6 is 11.3 Å². The molecule has 2 aliphatic rings. The summed E-state index contributed by atoms with van der Waals surface area (Å²) in [7, 11) is 0. The molecular formula is C67H87N5S. The maximum Gasteiger partial charge on any atom is 0.0816 e. The highest BCUT2D eigenvalue weighted by molar-refractivity contribution is 7.12. The predicted octanol–water partition coefficient (Wildman–Crippen LogP) is 19.2. The Morgan fingerprint density at radius 2 is 0.836 bits per heavy atom. The summed E-state index contributed by atoms with van der Waals surface area (Å²) in [5.74, 6) is 14.5. The number of hydrogen-bond acceptors (Lipinski definition) is 4. The Kier molecular flexibility index (Phi) is 23.1. The molecule has 5 nitrogen and oxygen atoms in total. The van der Waals surface area contributed by atoms with Gasteiger partial charge in [-0.1, -0.05) is 180 Å². The number of aromatic nitrogens is 4. The summed E-state index contributed by atoms with van der Waals surface area (Å²) in [6.45, 7) is 13.5. The van der Waals surface area contributed by atoms with E-state index in [1.54, 1.807) is 11.3 Å². The van der Waals surface area contributed by atoms with Crippen molar-refractivity contribution in [2.45, 2.75) is 202 Å². The predicted molar refractivity (Wildman–Crippen MR) is 319 cm³/mol. The first-order valence-electron chi connectivity index (χ1n) is 29.1. The van der Waals surface area contributed by atoms with Gasteiger partial charge in [-0.2, -0.15) is 0 Å². The van der Waals surface area contributed by atoms with Gasteiger partial charge in [0.2, 0.25) is 0 Å². The molecule has 4 aromatic heterocycles. The van der Waals surface area contributed by atoms with Gasteiger partial charge in [0.1, 0.15) is 0 Å². The third-order valence-electron chi connectivity index (χ3n) is 14.7. The Bertz CT molecular complexity index is 2710. The molecule has 386 valence electrons. The van der Waals surface area contributed by atoms with Crippen molar-refractivity contribution in [3.8, 4) is 23.7 Å². The highest BCUT2D eigenvalue weighted by Crippen LogP contribution is 2.30. The number of aromatic amines is 2. The average Bonchev–Trinajstić information content (AvgIpc) is 4.29. The van der Waals surface area contributed by atoms with E-state index in [1.165, 1.54) is 163 Å². The van der Waals surface area contributed by atoms with Crippen LogP contribution in [-0.4, -0.2) is 33.0 Å². The van der Waals surface area contributed by atoms with E-state index in [9.17, 15) is 0 Å². The van der Waals surface area contributed by atoms with Gasteiger partial charge in [-0.05, 0) is 130 Å². The van der Waals surface area contributed by atoms with Crippen LogP contribution in [0.15, 0.2) is 60.7 Å². The number of nitrogens with zero attached hydrogens (tertiary/aromatic N) is 3. The second-order valence-corrected chi connectivity index (χ2v) is 22.0. The molecular weight excluding hydrogens is 907 g/mol. The van der Waals surface area contributed by atoms with Crippen LogP contribution in [0.2, 0.25) is 0 Å². The first kappa shape index (κ1) is 55.2. The monoisotopic (exact) mass is 994 g/mol. The molecule has 0 aliphatic carbocycles. The zero-order chi connectivity index (χ0) is 50.9. The minimum atomic E-state index is 0.874. The summed E-state index contributed by atoms with van der Waals surface area (Å²) in [5, 5.41) is 0.